The summed E-state index contributed by atoms with van der Waals surface area (Å²) < 4.78 is 9.96. The number of anilines is 1. The Morgan fingerprint density at radius 3 is 2.30 bits per heavy atom. The van der Waals surface area contributed by atoms with Crippen molar-refractivity contribution in [1.82, 2.24) is 0 Å². The molecule has 0 aliphatic rings. The first-order chi connectivity index (χ1) is 12.9. The number of esters is 1. The molecule has 27 heavy (non-hydrogen) atoms. The lowest BCUT2D eigenvalue weighted by Gasteiger charge is -2.16. The minimum atomic E-state index is -0.737. The van der Waals surface area contributed by atoms with Crippen molar-refractivity contribution in [3.63, 3.8) is 0 Å². The second-order valence-corrected chi connectivity index (χ2v) is 5.94. The maximum absolute atomic E-state index is 12.3. The predicted octanol–water partition coefficient (Wildman–Crippen LogP) is 3.53. The van der Waals surface area contributed by atoms with Crippen molar-refractivity contribution in [2.45, 2.75) is 12.8 Å². The van der Waals surface area contributed by atoms with Crippen LogP contribution in [0, 0.1) is 17.0 Å². The number of rotatable bonds is 8. The van der Waals surface area contributed by atoms with E-state index in [1.807, 2.05) is 19.1 Å². The number of nitrogens with zero attached hydrogens (tertiary/aromatic N) is 1. The van der Waals surface area contributed by atoms with Crippen LogP contribution in [0.2, 0.25) is 0 Å². The smallest absolute Gasteiger partial charge is 0.336 e. The van der Waals surface area contributed by atoms with Crippen molar-refractivity contribution in [1.29, 1.82) is 0 Å². The minimum absolute atomic E-state index is 0.175. The standard InChI is InChI=1S/C20H22N2O5/c1-14-4-6-15(7-5-14)19(13-22(24)25)18(20(23)27-3)12-21-16-8-10-17(26-2)11-9-16/h4-12,19,21H,13H2,1-3H3/b18-12-. The second kappa shape index (κ2) is 9.38. The van der Waals surface area contributed by atoms with Crippen LogP contribution in [0.3, 0.4) is 0 Å². The fraction of sp³-hybridized carbons (Fsp3) is 0.250. The molecule has 0 fully saturated rings. The molecule has 2 rings (SSSR count). The molecule has 0 spiro atoms. The third-order valence-corrected chi connectivity index (χ3v) is 4.09. The van der Waals surface area contributed by atoms with Crippen LogP contribution in [-0.4, -0.2) is 31.7 Å². The zero-order chi connectivity index (χ0) is 19.8. The van der Waals surface area contributed by atoms with E-state index in [2.05, 4.69) is 5.32 Å². The van der Waals surface area contributed by atoms with Gasteiger partial charge in [-0.05, 0) is 36.8 Å². The van der Waals surface area contributed by atoms with Crippen molar-refractivity contribution >= 4 is 11.7 Å². The summed E-state index contributed by atoms with van der Waals surface area (Å²) in [7, 11) is 2.82. The monoisotopic (exact) mass is 370 g/mol. The zero-order valence-corrected chi connectivity index (χ0v) is 15.5. The van der Waals surface area contributed by atoms with E-state index in [4.69, 9.17) is 9.47 Å². The first-order valence-corrected chi connectivity index (χ1v) is 8.32. The van der Waals surface area contributed by atoms with Gasteiger partial charge in [-0.1, -0.05) is 29.8 Å². The van der Waals surface area contributed by atoms with Gasteiger partial charge in [0.1, 0.15) is 5.75 Å². The summed E-state index contributed by atoms with van der Waals surface area (Å²) >= 11 is 0. The highest BCUT2D eigenvalue weighted by Gasteiger charge is 2.28. The van der Waals surface area contributed by atoms with Crippen LogP contribution in [0.4, 0.5) is 5.69 Å². The molecule has 0 saturated heterocycles. The number of carbonyl (C=O) groups is 1. The molecule has 1 unspecified atom stereocenters. The highest BCUT2D eigenvalue weighted by molar-refractivity contribution is 5.90. The van der Waals surface area contributed by atoms with Crippen molar-refractivity contribution in [3.05, 3.63) is 81.5 Å². The Hall–Kier alpha value is -3.35. The Morgan fingerprint density at radius 2 is 1.78 bits per heavy atom. The molecule has 0 heterocycles. The number of hydrogen-bond donors (Lipinski definition) is 1. The summed E-state index contributed by atoms with van der Waals surface area (Å²) in [5.41, 5.74) is 2.58. The van der Waals surface area contributed by atoms with Gasteiger partial charge < -0.3 is 14.8 Å². The number of benzene rings is 2. The lowest BCUT2D eigenvalue weighted by Crippen LogP contribution is -2.21. The summed E-state index contributed by atoms with van der Waals surface area (Å²) in [6.07, 6.45) is 1.46. The minimum Gasteiger partial charge on any atom is -0.497 e. The van der Waals surface area contributed by atoms with E-state index in [9.17, 15) is 14.9 Å². The van der Waals surface area contributed by atoms with Crippen LogP contribution in [-0.2, 0) is 9.53 Å². The largest absolute Gasteiger partial charge is 0.497 e. The Kier molecular flexibility index (Phi) is 6.93. The van der Waals surface area contributed by atoms with Gasteiger partial charge in [0, 0.05) is 16.8 Å². The van der Waals surface area contributed by atoms with E-state index in [-0.39, 0.29) is 5.57 Å². The normalized spacial score (nSPS) is 12.2. The third kappa shape index (κ3) is 5.57. The van der Waals surface area contributed by atoms with E-state index in [0.717, 1.165) is 5.56 Å². The van der Waals surface area contributed by atoms with Crippen LogP contribution in [0.25, 0.3) is 0 Å². The highest BCUT2D eigenvalue weighted by atomic mass is 16.6. The second-order valence-electron chi connectivity index (χ2n) is 5.94. The van der Waals surface area contributed by atoms with E-state index < -0.39 is 23.4 Å². The van der Waals surface area contributed by atoms with Gasteiger partial charge in [0.15, 0.2) is 0 Å². The summed E-state index contributed by atoms with van der Waals surface area (Å²) in [5, 5.41) is 14.2. The van der Waals surface area contributed by atoms with Gasteiger partial charge in [0.2, 0.25) is 6.54 Å². The Morgan fingerprint density at radius 1 is 1.15 bits per heavy atom. The van der Waals surface area contributed by atoms with Crippen molar-refractivity contribution < 1.29 is 19.2 Å². The van der Waals surface area contributed by atoms with Gasteiger partial charge in [0.05, 0.1) is 25.7 Å². The van der Waals surface area contributed by atoms with Gasteiger partial charge >= 0.3 is 5.97 Å². The van der Waals surface area contributed by atoms with Gasteiger partial charge in [0.25, 0.3) is 0 Å². The van der Waals surface area contributed by atoms with Crippen LogP contribution in [0.1, 0.15) is 17.0 Å². The predicted molar refractivity (Wildman–Crippen MR) is 102 cm³/mol. The number of ether oxygens (including phenoxy) is 2. The van der Waals surface area contributed by atoms with Crippen LogP contribution in [0.5, 0.6) is 5.75 Å². The maximum Gasteiger partial charge on any atom is 0.336 e. The molecular formula is C20H22N2O5. The van der Waals surface area contributed by atoms with Crippen LogP contribution in [0.15, 0.2) is 60.3 Å². The molecule has 1 atom stereocenters. The number of hydrogen-bond acceptors (Lipinski definition) is 6. The van der Waals surface area contributed by atoms with E-state index in [1.54, 1.807) is 43.5 Å². The number of nitrogens with one attached hydrogen (secondary N) is 1. The zero-order valence-electron chi connectivity index (χ0n) is 15.5. The first-order valence-electron chi connectivity index (χ1n) is 8.32. The first kappa shape index (κ1) is 20.0. The summed E-state index contributed by atoms with van der Waals surface area (Å²) in [6.45, 7) is 1.50. The molecule has 0 aliphatic carbocycles. The fourth-order valence-corrected chi connectivity index (χ4v) is 2.60. The lowest BCUT2D eigenvalue weighted by molar-refractivity contribution is -0.481. The molecule has 0 amide bonds. The number of carbonyl (C=O) groups excluding carboxylic acids is 1. The molecule has 1 N–H and O–H groups in total. The molecule has 0 aliphatic heterocycles. The van der Waals surface area contributed by atoms with Gasteiger partial charge in [-0.3, -0.25) is 10.1 Å². The average molecular weight is 370 g/mol. The molecule has 7 heteroatoms. The fourth-order valence-electron chi connectivity index (χ4n) is 2.60. The molecule has 0 aromatic heterocycles. The van der Waals surface area contributed by atoms with Crippen LogP contribution < -0.4 is 10.1 Å². The lowest BCUT2D eigenvalue weighted by atomic mass is 9.91. The Balaban J connectivity index is 2.37. The van der Waals surface area contributed by atoms with Gasteiger partial charge in [-0.25, -0.2) is 4.79 Å². The molecule has 2 aromatic rings. The van der Waals surface area contributed by atoms with E-state index in [0.29, 0.717) is 17.0 Å². The average Bonchev–Trinajstić information content (AvgIpc) is 2.67. The highest BCUT2D eigenvalue weighted by Crippen LogP contribution is 2.27. The molecule has 0 radical (unpaired) electrons. The van der Waals surface area contributed by atoms with Crippen molar-refractivity contribution in [3.8, 4) is 5.75 Å². The topological polar surface area (TPSA) is 90.7 Å². The molecule has 0 bridgehead atoms. The SMILES string of the molecule is COC(=O)/C(=C\Nc1ccc(OC)cc1)C(C[N+](=O)[O-])c1ccc(C)cc1. The quantitative estimate of drug-likeness (QED) is 0.331. The number of methoxy groups -OCH3 is 2. The van der Waals surface area contributed by atoms with Gasteiger partial charge in [-0.2, -0.15) is 0 Å². The maximum atomic E-state index is 12.3. The van der Waals surface area contributed by atoms with E-state index >= 15 is 0 Å². The summed E-state index contributed by atoms with van der Waals surface area (Å²) in [6, 6.07) is 14.4. The summed E-state index contributed by atoms with van der Waals surface area (Å²) in [5.74, 6) is -0.661. The molecular weight excluding hydrogens is 348 g/mol. The van der Waals surface area contributed by atoms with E-state index in [1.165, 1.54) is 13.3 Å². The van der Waals surface area contributed by atoms with Crippen LogP contribution >= 0.6 is 0 Å². The summed E-state index contributed by atoms with van der Waals surface area (Å²) in [4.78, 5) is 23.1. The third-order valence-electron chi connectivity index (χ3n) is 4.09. The van der Waals surface area contributed by atoms with Crippen molar-refractivity contribution in [2.75, 3.05) is 26.1 Å². The molecule has 142 valence electrons. The van der Waals surface area contributed by atoms with Gasteiger partial charge in [-0.15, -0.1) is 0 Å². The molecule has 2 aromatic carbocycles. The Bertz CT molecular complexity index is 813. The van der Waals surface area contributed by atoms with Crippen molar-refractivity contribution in [2.24, 2.45) is 0 Å². The molecule has 0 saturated carbocycles. The number of nitro groups is 1. The Labute approximate surface area is 157 Å². The molecule has 7 nitrogen and oxygen atoms in total. The number of aryl methyl sites for hydroxylation is 1.